The maximum Gasteiger partial charge on any atom is 0.191 e. The van der Waals surface area contributed by atoms with E-state index in [1.807, 2.05) is 13.1 Å². The second-order valence-corrected chi connectivity index (χ2v) is 6.84. The molecule has 0 spiro atoms. The lowest BCUT2D eigenvalue weighted by Gasteiger charge is -2.12. The van der Waals surface area contributed by atoms with Crippen molar-refractivity contribution in [3.05, 3.63) is 58.9 Å². The molecule has 2 N–H and O–H groups in total. The maximum absolute atomic E-state index is 4.73. The molecule has 0 bridgehead atoms. The van der Waals surface area contributed by atoms with Gasteiger partial charge < -0.3 is 10.6 Å². The zero-order valence-electron chi connectivity index (χ0n) is 16.0. The van der Waals surface area contributed by atoms with Crippen LogP contribution < -0.4 is 10.6 Å². The summed E-state index contributed by atoms with van der Waals surface area (Å²) in [5.41, 5.74) is 4.83. The summed E-state index contributed by atoms with van der Waals surface area (Å²) < 4.78 is 0. The van der Waals surface area contributed by atoms with Gasteiger partial charge in [-0.25, -0.2) is 4.99 Å². The Morgan fingerprint density at radius 1 is 1.15 bits per heavy atom. The third-order valence-corrected chi connectivity index (χ3v) is 4.69. The highest BCUT2D eigenvalue weighted by Gasteiger charge is 2.03. The van der Waals surface area contributed by atoms with Gasteiger partial charge in [0.25, 0.3) is 0 Å². The van der Waals surface area contributed by atoms with E-state index in [1.54, 1.807) is 11.8 Å². The van der Waals surface area contributed by atoms with E-state index in [4.69, 9.17) is 4.99 Å². The number of aliphatic imine (C=N–C) groups is 1. The summed E-state index contributed by atoms with van der Waals surface area (Å²) >= 11 is 1.77. The van der Waals surface area contributed by atoms with E-state index < -0.39 is 0 Å². The van der Waals surface area contributed by atoms with Gasteiger partial charge >= 0.3 is 0 Å². The molecule has 1 aromatic heterocycles. The van der Waals surface area contributed by atoms with Crippen molar-refractivity contribution in [2.45, 2.75) is 38.6 Å². The molecule has 1 aromatic carbocycles. The van der Waals surface area contributed by atoms with Crippen LogP contribution in [0, 0.1) is 13.8 Å². The summed E-state index contributed by atoms with van der Waals surface area (Å²) in [7, 11) is 0. The van der Waals surface area contributed by atoms with Crippen LogP contribution in [0.25, 0.3) is 0 Å². The fourth-order valence-corrected chi connectivity index (χ4v) is 3.16. The number of rotatable bonds is 7. The molecule has 0 fully saturated rings. The molecule has 26 heavy (non-hydrogen) atoms. The lowest BCUT2D eigenvalue weighted by molar-refractivity contribution is 0.796. The van der Waals surface area contributed by atoms with Crippen LogP contribution in [0.1, 0.15) is 29.3 Å². The number of aromatic nitrogens is 1. The van der Waals surface area contributed by atoms with Crippen LogP contribution in [-0.2, 0) is 13.0 Å². The number of nitrogens with zero attached hydrogens (tertiary/aromatic N) is 2. The Balaban J connectivity index is 0.00000338. The fourth-order valence-electron chi connectivity index (χ4n) is 2.46. The van der Waals surface area contributed by atoms with Gasteiger partial charge in [-0.05, 0) is 62.3 Å². The quantitative estimate of drug-likeness (QED) is 0.266. The van der Waals surface area contributed by atoms with Crippen molar-refractivity contribution in [3.8, 4) is 0 Å². The van der Waals surface area contributed by atoms with Gasteiger partial charge in [-0.2, -0.15) is 0 Å². The summed E-state index contributed by atoms with van der Waals surface area (Å²) in [4.78, 5) is 10.4. The molecule has 2 aromatic rings. The second kappa shape index (κ2) is 12.2. The van der Waals surface area contributed by atoms with Crippen molar-refractivity contribution in [3.63, 3.8) is 0 Å². The molecule has 142 valence electrons. The molecule has 0 unspecified atom stereocenters. The summed E-state index contributed by atoms with van der Waals surface area (Å²) in [5, 5.41) is 6.72. The molecule has 2 rings (SSSR count). The van der Waals surface area contributed by atoms with Gasteiger partial charge in [0.15, 0.2) is 5.96 Å². The Hall–Kier alpha value is -1.28. The molecule has 0 saturated carbocycles. The van der Waals surface area contributed by atoms with Crippen molar-refractivity contribution in [2.24, 2.45) is 4.99 Å². The van der Waals surface area contributed by atoms with E-state index in [-0.39, 0.29) is 24.0 Å². The molecule has 0 radical (unpaired) electrons. The molecule has 4 nitrogen and oxygen atoms in total. The van der Waals surface area contributed by atoms with Gasteiger partial charge in [0.1, 0.15) is 0 Å². The van der Waals surface area contributed by atoms with Crippen molar-refractivity contribution in [1.82, 2.24) is 15.6 Å². The van der Waals surface area contributed by atoms with Gasteiger partial charge in [-0.15, -0.1) is 35.7 Å². The molecule has 0 aliphatic carbocycles. The molecule has 6 heteroatoms. The maximum atomic E-state index is 4.73. The van der Waals surface area contributed by atoms with Crippen molar-refractivity contribution in [2.75, 3.05) is 19.3 Å². The Bertz CT molecular complexity index is 701. The fraction of sp³-hybridized carbons (Fsp3) is 0.400. The molecular formula is C20H29IN4S. The van der Waals surface area contributed by atoms with Gasteiger partial charge in [0, 0.05) is 29.9 Å². The Kier molecular flexibility index (Phi) is 10.7. The van der Waals surface area contributed by atoms with Gasteiger partial charge in [0.05, 0.1) is 6.54 Å². The van der Waals surface area contributed by atoms with Crippen LogP contribution in [0.15, 0.2) is 46.4 Å². The number of halogens is 1. The van der Waals surface area contributed by atoms with E-state index >= 15 is 0 Å². The lowest BCUT2D eigenvalue weighted by atomic mass is 10.1. The van der Waals surface area contributed by atoms with Crippen LogP contribution >= 0.6 is 35.7 Å². The number of nitrogens with one attached hydrogen (secondary N) is 2. The molecule has 0 atom stereocenters. The van der Waals surface area contributed by atoms with E-state index in [1.165, 1.54) is 21.6 Å². The third kappa shape index (κ3) is 7.53. The Labute approximate surface area is 178 Å². The summed E-state index contributed by atoms with van der Waals surface area (Å²) in [5.74, 6) is 0.857. The lowest BCUT2D eigenvalue weighted by Crippen LogP contribution is -2.38. The predicted octanol–water partition coefficient (Wildman–Crippen LogP) is 4.34. The monoisotopic (exact) mass is 484 g/mol. The number of guanidine groups is 1. The van der Waals surface area contributed by atoms with Crippen LogP contribution in [0.4, 0.5) is 0 Å². The smallest absolute Gasteiger partial charge is 0.191 e. The molecule has 0 saturated heterocycles. The summed E-state index contributed by atoms with van der Waals surface area (Å²) in [6.45, 7) is 8.57. The number of hydrogen-bond acceptors (Lipinski definition) is 3. The minimum absolute atomic E-state index is 0. The number of thioether (sulfide) groups is 1. The molecule has 0 amide bonds. The molecule has 0 aliphatic heterocycles. The average Bonchev–Trinajstić information content (AvgIpc) is 2.62. The van der Waals surface area contributed by atoms with Gasteiger partial charge in [-0.3, -0.25) is 4.98 Å². The number of hydrogen-bond donors (Lipinski definition) is 2. The first kappa shape index (κ1) is 22.8. The number of pyridine rings is 1. The largest absolute Gasteiger partial charge is 0.357 e. The zero-order valence-corrected chi connectivity index (χ0v) is 19.2. The van der Waals surface area contributed by atoms with Crippen LogP contribution in [-0.4, -0.2) is 30.3 Å². The summed E-state index contributed by atoms with van der Waals surface area (Å²) in [6, 6.07) is 10.7. The van der Waals surface area contributed by atoms with E-state index in [0.29, 0.717) is 6.54 Å². The number of aryl methyl sites for hydroxylation is 2. The third-order valence-electron chi connectivity index (χ3n) is 3.87. The van der Waals surface area contributed by atoms with Gasteiger partial charge in [-0.1, -0.05) is 18.2 Å². The van der Waals surface area contributed by atoms with Crippen LogP contribution in [0.2, 0.25) is 0 Å². The van der Waals surface area contributed by atoms with Gasteiger partial charge in [0.2, 0.25) is 0 Å². The van der Waals surface area contributed by atoms with Crippen molar-refractivity contribution < 1.29 is 0 Å². The average molecular weight is 484 g/mol. The highest BCUT2D eigenvalue weighted by atomic mass is 127. The first-order valence-electron chi connectivity index (χ1n) is 8.69. The minimum Gasteiger partial charge on any atom is -0.357 e. The van der Waals surface area contributed by atoms with Crippen LogP contribution in [0.3, 0.4) is 0 Å². The van der Waals surface area contributed by atoms with E-state index in [0.717, 1.165) is 31.2 Å². The standard InChI is InChI=1S/C20H28N4S.HI/c1-5-21-20(22-11-10-17-8-7-16(3)23-13-17)24-14-18-9-6-15(2)12-19(18)25-4;/h6-9,12-13H,5,10-11,14H2,1-4H3,(H2,21,22,24);1H. The molecule has 0 aliphatic rings. The topological polar surface area (TPSA) is 49.3 Å². The first-order chi connectivity index (χ1) is 12.1. The highest BCUT2D eigenvalue weighted by molar-refractivity contribution is 14.0. The predicted molar refractivity (Wildman–Crippen MR) is 124 cm³/mol. The van der Waals surface area contributed by atoms with Crippen molar-refractivity contribution >= 4 is 41.7 Å². The molecular weight excluding hydrogens is 455 g/mol. The SMILES string of the molecule is CCNC(=NCc1ccc(C)cc1SC)NCCc1ccc(C)nc1.I. The molecule has 1 heterocycles. The zero-order chi connectivity index (χ0) is 18.1. The van der Waals surface area contributed by atoms with Crippen LogP contribution in [0.5, 0.6) is 0 Å². The minimum atomic E-state index is 0. The summed E-state index contributed by atoms with van der Waals surface area (Å²) in [6.07, 6.45) is 4.98. The van der Waals surface area contributed by atoms with Crippen molar-refractivity contribution in [1.29, 1.82) is 0 Å². The van der Waals surface area contributed by atoms with E-state index in [9.17, 15) is 0 Å². The van der Waals surface area contributed by atoms with E-state index in [2.05, 4.69) is 66.1 Å². The Morgan fingerprint density at radius 2 is 1.96 bits per heavy atom. The normalized spacial score (nSPS) is 11.0. The number of benzene rings is 1. The highest BCUT2D eigenvalue weighted by Crippen LogP contribution is 2.22. The second-order valence-electron chi connectivity index (χ2n) is 6.00. The Morgan fingerprint density at radius 3 is 2.62 bits per heavy atom. The first-order valence-corrected chi connectivity index (χ1v) is 9.92.